The van der Waals surface area contributed by atoms with Gasteiger partial charge in [0.05, 0.1) is 0 Å². The van der Waals surface area contributed by atoms with E-state index < -0.39 is 0 Å². The Labute approximate surface area is 117 Å². The van der Waals surface area contributed by atoms with Crippen LogP contribution in [0.25, 0.3) is 0 Å². The van der Waals surface area contributed by atoms with Crippen molar-refractivity contribution in [3.63, 3.8) is 0 Å². The van der Waals surface area contributed by atoms with Crippen LogP contribution < -0.4 is 0 Å². The van der Waals surface area contributed by atoms with Gasteiger partial charge >= 0.3 is 19.5 Å². The summed E-state index contributed by atoms with van der Waals surface area (Å²) in [5.74, 6) is 0. The van der Waals surface area contributed by atoms with Crippen LogP contribution in [-0.4, -0.2) is 9.97 Å². The topological polar surface area (TPSA) is 31.6 Å². The molecule has 0 atom stereocenters. The molecule has 0 unspecified atom stereocenters. The first kappa shape index (κ1) is 16.2. The molecule has 2 heterocycles. The molecule has 0 spiro atoms. The Hall–Kier alpha value is -0.817. The average Bonchev–Trinajstić information content (AvgIpc) is 2.70. The number of hydrogen-bond acceptors (Lipinski definition) is 0. The van der Waals surface area contributed by atoms with Gasteiger partial charge in [-0.2, -0.15) is 22.3 Å². The molecule has 2 nitrogen and oxygen atoms in total. The van der Waals surface area contributed by atoms with Crippen LogP contribution in [0.1, 0.15) is 33.6 Å². The molecule has 3 heteroatoms. The maximum absolute atomic E-state index is 3.01. The van der Waals surface area contributed by atoms with Gasteiger partial charge < -0.3 is 9.97 Å². The molecule has 0 bridgehead atoms. The Morgan fingerprint density at radius 2 is 0.941 bits per heavy atom. The van der Waals surface area contributed by atoms with Crippen molar-refractivity contribution in [2.24, 2.45) is 0 Å². The van der Waals surface area contributed by atoms with E-state index in [1.54, 1.807) is 0 Å². The minimum Gasteiger partial charge on any atom is -0.481 e. The minimum absolute atomic E-state index is 0. The van der Waals surface area contributed by atoms with E-state index in [9.17, 15) is 0 Å². The molecule has 0 radical (unpaired) electrons. The van der Waals surface area contributed by atoms with E-state index in [0.717, 1.165) is 0 Å². The maximum Gasteiger partial charge on any atom is 2.00 e. The predicted molar refractivity (Wildman–Crippen MR) is 67.7 cm³/mol. The van der Waals surface area contributed by atoms with Crippen molar-refractivity contribution in [1.29, 1.82) is 0 Å². The van der Waals surface area contributed by atoms with Gasteiger partial charge in [0, 0.05) is 0 Å². The summed E-state index contributed by atoms with van der Waals surface area (Å²) in [5, 5.41) is 0. The van der Waals surface area contributed by atoms with Crippen molar-refractivity contribution < 1.29 is 19.5 Å². The molecular formula is C14H20N2Ru. The summed E-state index contributed by atoms with van der Waals surface area (Å²) in [6.45, 7) is 12.4. The fourth-order valence-electron chi connectivity index (χ4n) is 1.31. The second-order valence-corrected chi connectivity index (χ2v) is 4.25. The summed E-state index contributed by atoms with van der Waals surface area (Å²) in [6.07, 6.45) is 6.02. The summed E-state index contributed by atoms with van der Waals surface area (Å²) in [4.78, 5) is 6.02. The Bertz CT molecular complexity index is 383. The molecule has 2 rings (SSSR count). The third-order valence-corrected chi connectivity index (χ3v) is 3.12. The molecule has 0 aliphatic heterocycles. The quantitative estimate of drug-likeness (QED) is 0.551. The Morgan fingerprint density at radius 1 is 0.647 bits per heavy atom. The number of hydrogen-bond donors (Lipinski definition) is 2. The van der Waals surface area contributed by atoms with Crippen LogP contribution in [0.15, 0.2) is 0 Å². The van der Waals surface area contributed by atoms with Crippen molar-refractivity contribution in [1.82, 2.24) is 9.97 Å². The fraction of sp³-hybridized carbons (Fsp3) is 0.429. The molecule has 17 heavy (non-hydrogen) atoms. The summed E-state index contributed by atoms with van der Waals surface area (Å²) < 4.78 is 0. The Morgan fingerprint density at radius 3 is 1.00 bits per heavy atom. The second kappa shape index (κ2) is 6.81. The average molecular weight is 317 g/mol. The third-order valence-electron chi connectivity index (χ3n) is 3.12. The first-order chi connectivity index (χ1) is 7.43. The predicted octanol–water partition coefficient (Wildman–Crippen LogP) is 3.48. The zero-order chi connectivity index (χ0) is 12.3. The molecular weight excluding hydrogens is 297 g/mol. The summed E-state index contributed by atoms with van der Waals surface area (Å²) in [6, 6.07) is 0. The van der Waals surface area contributed by atoms with Crippen LogP contribution in [0.4, 0.5) is 0 Å². The number of H-pyrrole nitrogens is 2. The van der Waals surface area contributed by atoms with Gasteiger partial charge in [0.15, 0.2) is 0 Å². The normalized spacial score (nSPS) is 9.29. The molecule has 0 amide bonds. The zero-order valence-corrected chi connectivity index (χ0v) is 13.1. The summed E-state index contributed by atoms with van der Waals surface area (Å²) in [7, 11) is 0. The standard InChI is InChI=1S/2C7H10N.Ru/c2*1-5-4-8-7(3)6(5)2;/h2*8H,1-3H3;/q2*-1;+2. The number of aromatic amines is 2. The molecule has 2 aromatic rings. The smallest absolute Gasteiger partial charge is 0.481 e. The van der Waals surface area contributed by atoms with Gasteiger partial charge in [-0.25, -0.2) is 0 Å². The van der Waals surface area contributed by atoms with E-state index in [-0.39, 0.29) is 19.5 Å². The SMILES string of the molecule is Cc1[c-][nH]c(C)c1C.Cc1[c-][nH]c(C)c1C.[Ru+2]. The maximum atomic E-state index is 3.01. The summed E-state index contributed by atoms with van der Waals surface area (Å²) in [5.41, 5.74) is 7.55. The molecule has 0 saturated heterocycles. The van der Waals surface area contributed by atoms with Crippen molar-refractivity contribution in [2.45, 2.75) is 41.5 Å². The number of aromatic nitrogens is 2. The fourth-order valence-corrected chi connectivity index (χ4v) is 1.31. The van der Waals surface area contributed by atoms with Crippen LogP contribution in [0, 0.1) is 53.9 Å². The van der Waals surface area contributed by atoms with Crippen LogP contribution in [0.5, 0.6) is 0 Å². The van der Waals surface area contributed by atoms with E-state index in [4.69, 9.17) is 0 Å². The molecule has 0 aliphatic carbocycles. The Balaban J connectivity index is 0.000000284. The van der Waals surface area contributed by atoms with E-state index >= 15 is 0 Å². The molecule has 0 fully saturated rings. The van der Waals surface area contributed by atoms with Gasteiger partial charge in [-0.3, -0.25) is 0 Å². The van der Waals surface area contributed by atoms with E-state index in [1.165, 1.54) is 33.6 Å². The molecule has 2 aromatic heterocycles. The molecule has 94 valence electrons. The third kappa shape index (κ3) is 4.16. The van der Waals surface area contributed by atoms with Crippen LogP contribution in [-0.2, 0) is 19.5 Å². The van der Waals surface area contributed by atoms with Gasteiger partial charge in [-0.05, 0) is 0 Å². The van der Waals surface area contributed by atoms with Crippen molar-refractivity contribution >= 4 is 0 Å². The van der Waals surface area contributed by atoms with Gasteiger partial charge in [0.2, 0.25) is 0 Å². The molecule has 0 saturated carbocycles. The molecule has 2 N–H and O–H groups in total. The van der Waals surface area contributed by atoms with Crippen molar-refractivity contribution in [3.8, 4) is 0 Å². The van der Waals surface area contributed by atoms with Crippen molar-refractivity contribution in [2.75, 3.05) is 0 Å². The molecule has 0 aromatic carbocycles. The van der Waals surface area contributed by atoms with Crippen LogP contribution in [0.3, 0.4) is 0 Å². The van der Waals surface area contributed by atoms with E-state index in [1.807, 2.05) is 0 Å². The summed E-state index contributed by atoms with van der Waals surface area (Å²) >= 11 is 0. The minimum atomic E-state index is 0. The van der Waals surface area contributed by atoms with Gasteiger partial charge in [0.1, 0.15) is 0 Å². The number of rotatable bonds is 0. The monoisotopic (exact) mass is 318 g/mol. The van der Waals surface area contributed by atoms with Gasteiger partial charge in [0.25, 0.3) is 0 Å². The van der Waals surface area contributed by atoms with Crippen LogP contribution in [0.2, 0.25) is 0 Å². The van der Waals surface area contributed by atoms with E-state index in [2.05, 4.69) is 63.9 Å². The van der Waals surface area contributed by atoms with E-state index in [0.29, 0.717) is 0 Å². The number of aryl methyl sites for hydroxylation is 4. The van der Waals surface area contributed by atoms with Gasteiger partial charge in [-0.15, -0.1) is 23.8 Å². The zero-order valence-electron chi connectivity index (χ0n) is 11.4. The van der Waals surface area contributed by atoms with Crippen molar-refractivity contribution in [3.05, 3.63) is 46.0 Å². The first-order valence-electron chi connectivity index (χ1n) is 5.50. The second-order valence-electron chi connectivity index (χ2n) is 4.25. The number of nitrogens with one attached hydrogen (secondary N) is 2. The van der Waals surface area contributed by atoms with Crippen LogP contribution >= 0.6 is 0 Å². The van der Waals surface area contributed by atoms with Gasteiger partial charge in [-0.1, -0.05) is 41.5 Å². The molecule has 0 aliphatic rings. The Kier molecular flexibility index (Phi) is 6.48. The first-order valence-corrected chi connectivity index (χ1v) is 5.50. The largest absolute Gasteiger partial charge is 2.00 e.